The first-order valence-electron chi connectivity index (χ1n) is 5.81. The zero-order valence-electron chi connectivity index (χ0n) is 10.7. The van der Waals surface area contributed by atoms with E-state index in [-0.39, 0.29) is 17.5 Å². The minimum Gasteiger partial charge on any atom is -0.391 e. The van der Waals surface area contributed by atoms with E-state index in [4.69, 9.17) is 0 Å². The first-order chi connectivity index (χ1) is 8.72. The van der Waals surface area contributed by atoms with Crippen LogP contribution in [0.3, 0.4) is 0 Å². The standard InChI is InChI=1S/C12H17F2NO3S/c1-8(2)15-6-9(16)7-19(17,18)10-3-4-11(13)12(14)5-10/h3-5,8-9,15-16H,6-7H2,1-2H3. The molecule has 0 saturated heterocycles. The molecule has 19 heavy (non-hydrogen) atoms. The van der Waals surface area contributed by atoms with E-state index >= 15 is 0 Å². The van der Waals surface area contributed by atoms with Crippen molar-refractivity contribution in [1.29, 1.82) is 0 Å². The van der Waals surface area contributed by atoms with Gasteiger partial charge in [-0.3, -0.25) is 0 Å². The Hall–Kier alpha value is -1.05. The molecule has 1 atom stereocenters. The van der Waals surface area contributed by atoms with Crippen LogP contribution in [-0.4, -0.2) is 38.0 Å². The van der Waals surface area contributed by atoms with E-state index < -0.39 is 33.3 Å². The monoisotopic (exact) mass is 293 g/mol. The summed E-state index contributed by atoms with van der Waals surface area (Å²) < 4.78 is 49.5. The summed E-state index contributed by atoms with van der Waals surface area (Å²) in [4.78, 5) is -0.338. The first-order valence-corrected chi connectivity index (χ1v) is 7.47. The number of aliphatic hydroxyl groups is 1. The van der Waals surface area contributed by atoms with E-state index in [1.165, 1.54) is 0 Å². The van der Waals surface area contributed by atoms with Crippen LogP contribution in [0.5, 0.6) is 0 Å². The van der Waals surface area contributed by atoms with Crippen LogP contribution in [0, 0.1) is 11.6 Å². The summed E-state index contributed by atoms with van der Waals surface area (Å²) in [5, 5.41) is 12.5. The molecule has 2 N–H and O–H groups in total. The normalized spacial score (nSPS) is 13.8. The van der Waals surface area contributed by atoms with Gasteiger partial charge in [0.15, 0.2) is 21.5 Å². The molecule has 7 heteroatoms. The third kappa shape index (κ3) is 4.85. The third-order valence-corrected chi connectivity index (χ3v) is 4.22. The Morgan fingerprint density at radius 1 is 1.26 bits per heavy atom. The van der Waals surface area contributed by atoms with Crippen molar-refractivity contribution in [2.24, 2.45) is 0 Å². The molecule has 0 bridgehead atoms. The van der Waals surface area contributed by atoms with Gasteiger partial charge in [-0.2, -0.15) is 0 Å². The SMILES string of the molecule is CC(C)NCC(O)CS(=O)(=O)c1ccc(F)c(F)c1. The summed E-state index contributed by atoms with van der Waals surface area (Å²) in [5.74, 6) is -2.88. The predicted octanol–water partition coefficient (Wildman–Crippen LogP) is 1.10. The number of hydrogen-bond donors (Lipinski definition) is 2. The molecule has 0 aromatic heterocycles. The maximum absolute atomic E-state index is 13.0. The van der Waals surface area contributed by atoms with E-state index in [1.807, 2.05) is 13.8 Å². The topological polar surface area (TPSA) is 66.4 Å². The second kappa shape index (κ2) is 6.40. The van der Waals surface area contributed by atoms with E-state index in [1.54, 1.807) is 0 Å². The molecule has 1 unspecified atom stereocenters. The Bertz CT molecular complexity index is 532. The minimum atomic E-state index is -3.84. The van der Waals surface area contributed by atoms with Crippen LogP contribution >= 0.6 is 0 Å². The zero-order valence-corrected chi connectivity index (χ0v) is 11.5. The maximum Gasteiger partial charge on any atom is 0.181 e. The van der Waals surface area contributed by atoms with Gasteiger partial charge in [-0.05, 0) is 18.2 Å². The third-order valence-electron chi connectivity index (χ3n) is 2.42. The number of benzene rings is 1. The number of nitrogens with one attached hydrogen (secondary N) is 1. The van der Waals surface area contributed by atoms with Crippen LogP contribution in [0.1, 0.15) is 13.8 Å². The summed E-state index contributed by atoms with van der Waals surface area (Å²) in [7, 11) is -3.84. The molecular formula is C12H17F2NO3S. The molecule has 0 radical (unpaired) electrons. The van der Waals surface area contributed by atoms with Crippen LogP contribution < -0.4 is 5.32 Å². The summed E-state index contributed by atoms with van der Waals surface area (Å²) in [6.45, 7) is 3.83. The van der Waals surface area contributed by atoms with Gasteiger partial charge in [-0.15, -0.1) is 0 Å². The molecule has 108 valence electrons. The average molecular weight is 293 g/mol. The Morgan fingerprint density at radius 3 is 2.42 bits per heavy atom. The molecular weight excluding hydrogens is 276 g/mol. The molecule has 0 spiro atoms. The minimum absolute atomic E-state index is 0.112. The van der Waals surface area contributed by atoms with Crippen LogP contribution in [0.25, 0.3) is 0 Å². The van der Waals surface area contributed by atoms with Crippen molar-refractivity contribution in [1.82, 2.24) is 5.32 Å². The van der Waals surface area contributed by atoms with E-state index in [9.17, 15) is 22.3 Å². The fourth-order valence-corrected chi connectivity index (χ4v) is 2.83. The van der Waals surface area contributed by atoms with Gasteiger partial charge in [-0.25, -0.2) is 17.2 Å². The van der Waals surface area contributed by atoms with Crippen molar-refractivity contribution in [3.05, 3.63) is 29.8 Å². The lowest BCUT2D eigenvalue weighted by Crippen LogP contribution is -2.35. The molecule has 0 aliphatic rings. The lowest BCUT2D eigenvalue weighted by Gasteiger charge is -2.14. The number of sulfone groups is 1. The van der Waals surface area contributed by atoms with Crippen LogP contribution in [0.4, 0.5) is 8.78 Å². The molecule has 1 aromatic rings. The molecule has 4 nitrogen and oxygen atoms in total. The Kier molecular flexibility index (Phi) is 5.39. The van der Waals surface area contributed by atoms with E-state index in [0.29, 0.717) is 6.07 Å². The molecule has 1 aromatic carbocycles. The van der Waals surface area contributed by atoms with Crippen molar-refractivity contribution >= 4 is 9.84 Å². The zero-order chi connectivity index (χ0) is 14.6. The fraction of sp³-hybridized carbons (Fsp3) is 0.500. The molecule has 0 fully saturated rings. The molecule has 0 aliphatic heterocycles. The van der Waals surface area contributed by atoms with Crippen molar-refractivity contribution < 1.29 is 22.3 Å². The van der Waals surface area contributed by atoms with Gasteiger partial charge in [-0.1, -0.05) is 13.8 Å². The molecule has 0 aliphatic carbocycles. The maximum atomic E-state index is 13.0. The van der Waals surface area contributed by atoms with Gasteiger partial charge in [0.25, 0.3) is 0 Å². The van der Waals surface area contributed by atoms with Gasteiger partial charge in [0.1, 0.15) is 0 Å². The number of hydrogen-bond acceptors (Lipinski definition) is 4. The van der Waals surface area contributed by atoms with Crippen molar-refractivity contribution in [3.8, 4) is 0 Å². The van der Waals surface area contributed by atoms with Gasteiger partial charge in [0.2, 0.25) is 0 Å². The van der Waals surface area contributed by atoms with Crippen LogP contribution in [0.15, 0.2) is 23.1 Å². The largest absolute Gasteiger partial charge is 0.391 e. The van der Waals surface area contributed by atoms with Crippen molar-refractivity contribution in [2.45, 2.75) is 30.9 Å². The predicted molar refractivity (Wildman–Crippen MR) is 67.6 cm³/mol. The highest BCUT2D eigenvalue weighted by Crippen LogP contribution is 2.16. The van der Waals surface area contributed by atoms with E-state index in [2.05, 4.69) is 5.32 Å². The average Bonchev–Trinajstić information content (AvgIpc) is 2.29. The molecule has 1 rings (SSSR count). The van der Waals surface area contributed by atoms with Crippen molar-refractivity contribution in [2.75, 3.05) is 12.3 Å². The molecule has 0 saturated carbocycles. The quantitative estimate of drug-likeness (QED) is 0.771. The first kappa shape index (κ1) is 16.0. The van der Waals surface area contributed by atoms with Gasteiger partial charge in [0, 0.05) is 12.6 Å². The highest BCUT2D eigenvalue weighted by atomic mass is 32.2. The van der Waals surface area contributed by atoms with Gasteiger partial charge >= 0.3 is 0 Å². The second-order valence-corrected chi connectivity index (χ2v) is 6.61. The fourth-order valence-electron chi connectivity index (χ4n) is 1.45. The van der Waals surface area contributed by atoms with Crippen molar-refractivity contribution in [3.63, 3.8) is 0 Å². The smallest absolute Gasteiger partial charge is 0.181 e. The molecule has 0 heterocycles. The highest BCUT2D eigenvalue weighted by Gasteiger charge is 2.21. The Morgan fingerprint density at radius 2 is 1.89 bits per heavy atom. The number of halogens is 2. The summed E-state index contributed by atoms with van der Waals surface area (Å²) >= 11 is 0. The van der Waals surface area contributed by atoms with Crippen LogP contribution in [-0.2, 0) is 9.84 Å². The lowest BCUT2D eigenvalue weighted by molar-refractivity contribution is 0.190. The summed E-state index contributed by atoms with van der Waals surface area (Å²) in [5.41, 5.74) is 0. The number of rotatable bonds is 6. The second-order valence-electron chi connectivity index (χ2n) is 4.57. The van der Waals surface area contributed by atoms with Crippen LogP contribution in [0.2, 0.25) is 0 Å². The van der Waals surface area contributed by atoms with Gasteiger partial charge < -0.3 is 10.4 Å². The summed E-state index contributed by atoms with van der Waals surface area (Å²) in [6, 6.07) is 2.46. The highest BCUT2D eigenvalue weighted by molar-refractivity contribution is 7.91. The van der Waals surface area contributed by atoms with Gasteiger partial charge in [0.05, 0.1) is 16.8 Å². The molecule has 0 amide bonds. The Balaban J connectivity index is 2.77. The summed E-state index contributed by atoms with van der Waals surface area (Å²) in [6.07, 6.45) is -1.11. The lowest BCUT2D eigenvalue weighted by atomic mass is 10.3. The number of aliphatic hydroxyl groups excluding tert-OH is 1. The van der Waals surface area contributed by atoms with E-state index in [0.717, 1.165) is 12.1 Å². The Labute approximate surface area is 111 Å².